The smallest absolute Gasteiger partial charge is 0.279 e. The molecule has 0 aliphatic carbocycles. The van der Waals surface area contributed by atoms with Crippen molar-refractivity contribution < 1.29 is 13.2 Å². The fraction of sp³-hybridized carbons (Fsp3) is 1.00. The molecule has 1 aliphatic heterocycles. The van der Waals surface area contributed by atoms with E-state index in [0.29, 0.717) is 19.8 Å². The maximum absolute atomic E-state index is 11.8. The van der Waals surface area contributed by atoms with Gasteiger partial charge in [-0.25, -0.2) is 4.72 Å². The Hall–Kier alpha value is -0.210. The number of nitrogens with zero attached hydrogens (tertiary/aromatic N) is 1. The summed E-state index contributed by atoms with van der Waals surface area (Å²) in [6.07, 6.45) is 0. The van der Waals surface area contributed by atoms with Gasteiger partial charge >= 0.3 is 0 Å². The molecule has 0 spiro atoms. The van der Waals surface area contributed by atoms with Crippen LogP contribution in [0.15, 0.2) is 0 Å². The van der Waals surface area contributed by atoms with Gasteiger partial charge < -0.3 is 10.1 Å². The fourth-order valence-electron chi connectivity index (χ4n) is 1.34. The van der Waals surface area contributed by atoms with Gasteiger partial charge in [-0.1, -0.05) is 0 Å². The monoisotopic (exact) mass is 251 g/mol. The normalized spacial score (nSPS) is 22.9. The van der Waals surface area contributed by atoms with Crippen LogP contribution in [0.3, 0.4) is 0 Å². The molecule has 1 aliphatic rings. The van der Waals surface area contributed by atoms with E-state index >= 15 is 0 Å². The first kappa shape index (κ1) is 13.9. The van der Waals surface area contributed by atoms with Gasteiger partial charge in [-0.15, -0.1) is 0 Å². The van der Waals surface area contributed by atoms with E-state index in [1.54, 1.807) is 7.05 Å². The van der Waals surface area contributed by atoms with E-state index in [1.807, 2.05) is 13.8 Å². The van der Waals surface area contributed by atoms with Gasteiger partial charge in [0.1, 0.15) is 0 Å². The molecule has 0 aromatic carbocycles. The number of morpholine rings is 1. The van der Waals surface area contributed by atoms with Gasteiger partial charge in [0.2, 0.25) is 0 Å². The van der Waals surface area contributed by atoms with E-state index in [4.69, 9.17) is 4.74 Å². The van der Waals surface area contributed by atoms with Crippen LogP contribution in [0.1, 0.15) is 13.8 Å². The van der Waals surface area contributed by atoms with Crippen LogP contribution in [0.5, 0.6) is 0 Å². The van der Waals surface area contributed by atoms with E-state index < -0.39 is 10.2 Å². The summed E-state index contributed by atoms with van der Waals surface area (Å²) in [6, 6.07) is 0.0113. The summed E-state index contributed by atoms with van der Waals surface area (Å²) in [5, 5.41) is 3.19. The zero-order valence-electron chi connectivity index (χ0n) is 10.1. The highest BCUT2D eigenvalue weighted by Gasteiger charge is 2.22. The molecular weight excluding hydrogens is 230 g/mol. The van der Waals surface area contributed by atoms with E-state index in [-0.39, 0.29) is 12.1 Å². The van der Waals surface area contributed by atoms with Crippen molar-refractivity contribution in [1.29, 1.82) is 0 Å². The van der Waals surface area contributed by atoms with Crippen LogP contribution in [0, 0.1) is 0 Å². The molecule has 1 unspecified atom stereocenters. The van der Waals surface area contributed by atoms with Crippen molar-refractivity contribution in [2.24, 2.45) is 0 Å². The molecule has 6 nitrogen and oxygen atoms in total. The molecule has 1 fully saturated rings. The molecule has 2 N–H and O–H groups in total. The second-order valence-electron chi connectivity index (χ2n) is 4.19. The van der Waals surface area contributed by atoms with Crippen molar-refractivity contribution in [1.82, 2.24) is 14.3 Å². The highest BCUT2D eigenvalue weighted by molar-refractivity contribution is 7.87. The molecule has 0 saturated carbocycles. The Morgan fingerprint density at radius 2 is 2.25 bits per heavy atom. The van der Waals surface area contributed by atoms with E-state index in [9.17, 15) is 8.42 Å². The van der Waals surface area contributed by atoms with Crippen LogP contribution in [0.4, 0.5) is 0 Å². The average molecular weight is 251 g/mol. The van der Waals surface area contributed by atoms with Crippen LogP contribution in [0.25, 0.3) is 0 Å². The Bertz CT molecular complexity index is 299. The highest BCUT2D eigenvalue weighted by atomic mass is 32.2. The van der Waals surface area contributed by atoms with Gasteiger partial charge in [0.05, 0.1) is 13.2 Å². The molecule has 7 heteroatoms. The standard InChI is InChI=1S/C9H21N3O3S/c1-8(2)12(3)16(13,14)11-6-9-7-15-5-4-10-9/h8-11H,4-7H2,1-3H3. The topological polar surface area (TPSA) is 70.7 Å². The molecule has 0 bridgehead atoms. The summed E-state index contributed by atoms with van der Waals surface area (Å²) in [5.74, 6) is 0. The number of ether oxygens (including phenoxy) is 1. The molecular formula is C9H21N3O3S. The Morgan fingerprint density at radius 3 is 2.75 bits per heavy atom. The van der Waals surface area contributed by atoms with Crippen LogP contribution >= 0.6 is 0 Å². The molecule has 1 saturated heterocycles. The molecule has 0 aromatic rings. The second-order valence-corrected chi connectivity index (χ2v) is 6.00. The molecule has 1 rings (SSSR count). The summed E-state index contributed by atoms with van der Waals surface area (Å²) in [5.41, 5.74) is 0. The summed E-state index contributed by atoms with van der Waals surface area (Å²) in [7, 11) is -1.80. The lowest BCUT2D eigenvalue weighted by Crippen LogP contribution is -2.51. The third-order valence-electron chi connectivity index (χ3n) is 2.62. The minimum absolute atomic E-state index is 0.0481. The van der Waals surface area contributed by atoms with Gasteiger partial charge in [-0.3, -0.25) is 0 Å². The van der Waals surface area contributed by atoms with Crippen molar-refractivity contribution in [2.75, 3.05) is 33.4 Å². The molecule has 1 heterocycles. The Morgan fingerprint density at radius 1 is 1.56 bits per heavy atom. The van der Waals surface area contributed by atoms with Gasteiger partial charge in [0, 0.05) is 32.2 Å². The minimum atomic E-state index is -3.37. The van der Waals surface area contributed by atoms with E-state index in [1.165, 1.54) is 4.31 Å². The van der Waals surface area contributed by atoms with Crippen molar-refractivity contribution in [3.63, 3.8) is 0 Å². The fourth-order valence-corrected chi connectivity index (χ4v) is 2.51. The second kappa shape index (κ2) is 5.92. The third kappa shape index (κ3) is 3.99. The summed E-state index contributed by atoms with van der Waals surface area (Å²) >= 11 is 0. The van der Waals surface area contributed by atoms with E-state index in [2.05, 4.69) is 10.0 Å². The Kier molecular flexibility index (Phi) is 5.13. The third-order valence-corrected chi connectivity index (χ3v) is 4.33. The van der Waals surface area contributed by atoms with Crippen molar-refractivity contribution >= 4 is 10.2 Å². The quantitative estimate of drug-likeness (QED) is 0.668. The summed E-state index contributed by atoms with van der Waals surface area (Å²) in [4.78, 5) is 0. The van der Waals surface area contributed by atoms with Gasteiger partial charge in [0.15, 0.2) is 0 Å². The first-order chi connectivity index (χ1) is 7.43. The molecule has 0 amide bonds. The van der Waals surface area contributed by atoms with Gasteiger partial charge in [0.25, 0.3) is 10.2 Å². The number of hydrogen-bond donors (Lipinski definition) is 2. The van der Waals surface area contributed by atoms with Crippen molar-refractivity contribution in [3.05, 3.63) is 0 Å². The summed E-state index contributed by atoms with van der Waals surface area (Å²) < 4.78 is 32.6. The SMILES string of the molecule is CC(C)N(C)S(=O)(=O)NCC1COCCN1. The Labute approximate surface area is 97.5 Å². The zero-order valence-corrected chi connectivity index (χ0v) is 10.9. The van der Waals surface area contributed by atoms with Crippen LogP contribution in [0.2, 0.25) is 0 Å². The van der Waals surface area contributed by atoms with Crippen LogP contribution in [-0.4, -0.2) is 58.2 Å². The Balaban J connectivity index is 2.41. The summed E-state index contributed by atoms with van der Waals surface area (Å²) in [6.45, 7) is 6.04. The lowest BCUT2D eigenvalue weighted by Gasteiger charge is -2.26. The first-order valence-corrected chi connectivity index (χ1v) is 6.91. The lowest BCUT2D eigenvalue weighted by molar-refractivity contribution is 0.0782. The van der Waals surface area contributed by atoms with Crippen LogP contribution in [-0.2, 0) is 14.9 Å². The molecule has 16 heavy (non-hydrogen) atoms. The maximum atomic E-state index is 11.8. The largest absolute Gasteiger partial charge is 0.378 e. The minimum Gasteiger partial charge on any atom is -0.378 e. The molecule has 1 atom stereocenters. The van der Waals surface area contributed by atoms with Gasteiger partial charge in [-0.05, 0) is 13.8 Å². The average Bonchev–Trinajstić information content (AvgIpc) is 2.27. The van der Waals surface area contributed by atoms with E-state index in [0.717, 1.165) is 6.54 Å². The molecule has 0 radical (unpaired) electrons. The maximum Gasteiger partial charge on any atom is 0.279 e. The predicted octanol–water partition coefficient (Wildman–Crippen LogP) is -0.851. The number of nitrogens with one attached hydrogen (secondary N) is 2. The predicted molar refractivity (Wildman–Crippen MR) is 62.4 cm³/mol. The zero-order chi connectivity index (χ0) is 12.2. The van der Waals surface area contributed by atoms with Gasteiger partial charge in [-0.2, -0.15) is 12.7 Å². The lowest BCUT2D eigenvalue weighted by atomic mass is 10.3. The van der Waals surface area contributed by atoms with Crippen LogP contribution < -0.4 is 10.0 Å². The van der Waals surface area contributed by atoms with Crippen molar-refractivity contribution in [3.8, 4) is 0 Å². The van der Waals surface area contributed by atoms with Crippen molar-refractivity contribution in [2.45, 2.75) is 25.9 Å². The molecule has 0 aromatic heterocycles. The number of rotatable bonds is 5. The highest BCUT2D eigenvalue weighted by Crippen LogP contribution is 2.01. The molecule has 96 valence electrons. The number of hydrogen-bond acceptors (Lipinski definition) is 4. The first-order valence-electron chi connectivity index (χ1n) is 5.47.